The Bertz CT molecular complexity index is 509. The summed E-state index contributed by atoms with van der Waals surface area (Å²) in [7, 11) is 0. The SMILES string of the molecule is Nc1cccc(Oc2cccc(N)c2S)c1S. The Hall–Kier alpha value is -1.46. The van der Waals surface area contributed by atoms with Gasteiger partial charge in [-0.25, -0.2) is 0 Å². The standard InChI is InChI=1S/C12H12N2OS2/c13-7-3-1-5-9(11(7)16)15-10-6-2-4-8(14)12(10)17/h1-6,16-17H,13-14H2. The van der Waals surface area contributed by atoms with Crippen molar-refractivity contribution in [2.45, 2.75) is 9.79 Å². The topological polar surface area (TPSA) is 61.3 Å². The lowest BCUT2D eigenvalue weighted by Crippen LogP contribution is -1.93. The second-order valence-corrected chi connectivity index (χ2v) is 4.38. The maximum Gasteiger partial charge on any atom is 0.142 e. The Balaban J connectivity index is 2.38. The van der Waals surface area contributed by atoms with Crippen molar-refractivity contribution < 1.29 is 4.74 Å². The molecule has 0 amide bonds. The van der Waals surface area contributed by atoms with E-state index < -0.39 is 0 Å². The number of anilines is 2. The van der Waals surface area contributed by atoms with Crippen LogP contribution < -0.4 is 16.2 Å². The minimum atomic E-state index is 0.565. The summed E-state index contributed by atoms with van der Waals surface area (Å²) in [4.78, 5) is 1.20. The first-order chi connectivity index (χ1) is 8.09. The van der Waals surface area contributed by atoms with E-state index in [0.717, 1.165) is 0 Å². The third-order valence-electron chi connectivity index (χ3n) is 2.28. The first-order valence-electron chi connectivity index (χ1n) is 4.92. The molecule has 0 aliphatic rings. The predicted molar refractivity (Wildman–Crippen MR) is 76.3 cm³/mol. The van der Waals surface area contributed by atoms with Crippen LogP contribution >= 0.6 is 25.3 Å². The minimum Gasteiger partial charge on any atom is -0.455 e. The lowest BCUT2D eigenvalue weighted by molar-refractivity contribution is 0.461. The molecule has 4 N–H and O–H groups in total. The van der Waals surface area contributed by atoms with Crippen LogP contribution in [0.25, 0.3) is 0 Å². The highest BCUT2D eigenvalue weighted by Gasteiger charge is 2.08. The first-order valence-corrected chi connectivity index (χ1v) is 5.82. The van der Waals surface area contributed by atoms with Gasteiger partial charge in [0.25, 0.3) is 0 Å². The van der Waals surface area contributed by atoms with Gasteiger partial charge in [-0.05, 0) is 24.3 Å². The number of hydrogen-bond acceptors (Lipinski definition) is 5. The third kappa shape index (κ3) is 2.45. The summed E-state index contributed by atoms with van der Waals surface area (Å²) in [5.41, 5.74) is 12.6. The van der Waals surface area contributed by atoms with Crippen molar-refractivity contribution in [3.63, 3.8) is 0 Å². The number of nitrogens with two attached hydrogens (primary N) is 2. The molecule has 0 aliphatic carbocycles. The fourth-order valence-corrected chi connectivity index (χ4v) is 1.75. The van der Waals surface area contributed by atoms with Gasteiger partial charge in [0.2, 0.25) is 0 Å². The van der Waals surface area contributed by atoms with E-state index in [0.29, 0.717) is 32.7 Å². The summed E-state index contributed by atoms with van der Waals surface area (Å²) < 4.78 is 5.69. The fourth-order valence-electron chi connectivity index (χ4n) is 1.36. The average Bonchev–Trinajstić information content (AvgIpc) is 2.31. The lowest BCUT2D eigenvalue weighted by atomic mass is 10.3. The van der Waals surface area contributed by atoms with Gasteiger partial charge in [0.15, 0.2) is 0 Å². The van der Waals surface area contributed by atoms with E-state index in [-0.39, 0.29) is 0 Å². The van der Waals surface area contributed by atoms with E-state index in [9.17, 15) is 0 Å². The smallest absolute Gasteiger partial charge is 0.142 e. The van der Waals surface area contributed by atoms with Crippen LogP contribution in [0.2, 0.25) is 0 Å². The molecule has 0 atom stereocenters. The molecular formula is C12H12N2OS2. The van der Waals surface area contributed by atoms with Crippen LogP contribution in [0.3, 0.4) is 0 Å². The molecule has 0 bridgehead atoms. The van der Waals surface area contributed by atoms with Crippen LogP contribution in [-0.2, 0) is 0 Å². The Morgan fingerprint density at radius 2 is 1.18 bits per heavy atom. The van der Waals surface area contributed by atoms with E-state index in [1.807, 2.05) is 0 Å². The maximum absolute atomic E-state index is 5.74. The van der Waals surface area contributed by atoms with Gasteiger partial charge in [-0.3, -0.25) is 0 Å². The molecule has 0 unspecified atom stereocenters. The van der Waals surface area contributed by atoms with Gasteiger partial charge in [-0.15, -0.1) is 25.3 Å². The Morgan fingerprint density at radius 3 is 1.59 bits per heavy atom. The molecule has 88 valence electrons. The molecule has 0 heterocycles. The molecule has 0 radical (unpaired) electrons. The highest BCUT2D eigenvalue weighted by atomic mass is 32.1. The van der Waals surface area contributed by atoms with Crippen molar-refractivity contribution in [1.82, 2.24) is 0 Å². The van der Waals surface area contributed by atoms with Crippen molar-refractivity contribution >= 4 is 36.6 Å². The zero-order valence-electron chi connectivity index (χ0n) is 8.92. The summed E-state index contributed by atoms with van der Waals surface area (Å²) in [5.74, 6) is 1.16. The number of benzene rings is 2. The third-order valence-corrected chi connectivity index (χ3v) is 3.24. The number of hydrogen-bond donors (Lipinski definition) is 4. The summed E-state index contributed by atoms with van der Waals surface area (Å²) in [6.07, 6.45) is 0. The highest BCUT2D eigenvalue weighted by Crippen LogP contribution is 2.36. The van der Waals surface area contributed by atoms with Crippen molar-refractivity contribution in [2.75, 3.05) is 11.5 Å². The van der Waals surface area contributed by atoms with E-state index in [1.165, 1.54) is 0 Å². The minimum absolute atomic E-state index is 0.565. The molecule has 3 nitrogen and oxygen atoms in total. The van der Waals surface area contributed by atoms with Crippen LogP contribution in [0, 0.1) is 0 Å². The monoisotopic (exact) mass is 264 g/mol. The van der Waals surface area contributed by atoms with Crippen molar-refractivity contribution in [2.24, 2.45) is 0 Å². The Labute approximate surface area is 111 Å². The molecule has 2 rings (SSSR count). The molecule has 17 heavy (non-hydrogen) atoms. The van der Waals surface area contributed by atoms with Gasteiger partial charge in [0.05, 0.1) is 9.79 Å². The van der Waals surface area contributed by atoms with E-state index in [2.05, 4.69) is 25.3 Å². The van der Waals surface area contributed by atoms with Crippen LogP contribution in [0.1, 0.15) is 0 Å². The molecular weight excluding hydrogens is 252 g/mol. The summed E-state index contributed by atoms with van der Waals surface area (Å²) in [6, 6.07) is 10.7. The molecule has 0 aromatic heterocycles. The van der Waals surface area contributed by atoms with Crippen molar-refractivity contribution in [3.8, 4) is 11.5 Å². The zero-order chi connectivity index (χ0) is 12.4. The van der Waals surface area contributed by atoms with Crippen LogP contribution in [-0.4, -0.2) is 0 Å². The lowest BCUT2D eigenvalue weighted by Gasteiger charge is -2.12. The number of nitrogen functional groups attached to an aromatic ring is 2. The molecule has 0 spiro atoms. The Kier molecular flexibility index (Phi) is 3.40. The summed E-state index contributed by atoms with van der Waals surface area (Å²) in [6.45, 7) is 0. The van der Waals surface area contributed by atoms with Gasteiger partial charge in [-0.2, -0.15) is 0 Å². The number of ether oxygens (including phenoxy) is 1. The van der Waals surface area contributed by atoms with E-state index >= 15 is 0 Å². The molecule has 2 aromatic rings. The zero-order valence-corrected chi connectivity index (χ0v) is 10.7. The number of thiol groups is 2. The first kappa shape index (κ1) is 12.0. The Morgan fingerprint density at radius 1 is 0.765 bits per heavy atom. The normalized spacial score (nSPS) is 10.2. The molecule has 5 heteroatoms. The predicted octanol–water partition coefficient (Wildman–Crippen LogP) is 3.22. The van der Waals surface area contributed by atoms with Gasteiger partial charge in [0.1, 0.15) is 11.5 Å². The van der Waals surface area contributed by atoms with Crippen molar-refractivity contribution in [1.29, 1.82) is 0 Å². The van der Waals surface area contributed by atoms with Gasteiger partial charge in [0, 0.05) is 11.4 Å². The van der Waals surface area contributed by atoms with Crippen LogP contribution in [0.4, 0.5) is 11.4 Å². The average molecular weight is 264 g/mol. The van der Waals surface area contributed by atoms with Gasteiger partial charge >= 0.3 is 0 Å². The van der Waals surface area contributed by atoms with E-state index in [1.54, 1.807) is 36.4 Å². The molecule has 0 fully saturated rings. The quantitative estimate of drug-likeness (QED) is 0.497. The highest BCUT2D eigenvalue weighted by molar-refractivity contribution is 7.80. The van der Waals surface area contributed by atoms with Gasteiger partial charge < -0.3 is 16.2 Å². The summed E-state index contributed by atoms with van der Waals surface area (Å²) >= 11 is 8.59. The van der Waals surface area contributed by atoms with Gasteiger partial charge in [-0.1, -0.05) is 12.1 Å². The molecule has 0 aliphatic heterocycles. The number of rotatable bonds is 2. The molecule has 0 saturated carbocycles. The second-order valence-electron chi connectivity index (χ2n) is 3.49. The second kappa shape index (κ2) is 4.81. The fraction of sp³-hybridized carbons (Fsp3) is 0. The molecule has 2 aromatic carbocycles. The molecule has 0 saturated heterocycles. The van der Waals surface area contributed by atoms with Crippen LogP contribution in [0.5, 0.6) is 11.5 Å². The van der Waals surface area contributed by atoms with Crippen LogP contribution in [0.15, 0.2) is 46.2 Å². The van der Waals surface area contributed by atoms with E-state index in [4.69, 9.17) is 16.2 Å². The maximum atomic E-state index is 5.74. The summed E-state index contributed by atoms with van der Waals surface area (Å²) in [5, 5.41) is 0. The largest absolute Gasteiger partial charge is 0.455 e. The van der Waals surface area contributed by atoms with Crippen molar-refractivity contribution in [3.05, 3.63) is 36.4 Å².